The molecular formula is C11H20N4O2S. The number of piperidine rings is 1. The van der Waals surface area contributed by atoms with Crippen molar-refractivity contribution in [3.63, 3.8) is 0 Å². The van der Waals surface area contributed by atoms with Gasteiger partial charge < -0.3 is 5.32 Å². The maximum Gasteiger partial charge on any atom is 0.244 e. The summed E-state index contributed by atoms with van der Waals surface area (Å²) >= 11 is 0. The first-order valence-corrected chi connectivity index (χ1v) is 7.65. The molecule has 7 heteroatoms. The van der Waals surface area contributed by atoms with Crippen LogP contribution in [0.1, 0.15) is 31.2 Å². The van der Waals surface area contributed by atoms with Crippen molar-refractivity contribution in [2.75, 3.05) is 6.54 Å². The topological polar surface area (TPSA) is 86.9 Å². The number of hydrogen-bond donors (Lipinski definition) is 3. The van der Waals surface area contributed by atoms with E-state index in [0.29, 0.717) is 17.4 Å². The molecule has 1 aromatic rings. The number of nitrogens with one attached hydrogen (secondary N) is 3. The van der Waals surface area contributed by atoms with E-state index in [2.05, 4.69) is 27.2 Å². The maximum atomic E-state index is 12.3. The van der Waals surface area contributed by atoms with Crippen LogP contribution in [-0.4, -0.2) is 37.2 Å². The molecule has 0 amide bonds. The van der Waals surface area contributed by atoms with Crippen LogP contribution in [0.15, 0.2) is 4.90 Å². The average molecular weight is 272 g/mol. The smallest absolute Gasteiger partial charge is 0.244 e. The number of sulfonamides is 1. The normalized spacial score (nSPS) is 25.3. The molecule has 0 saturated carbocycles. The van der Waals surface area contributed by atoms with Gasteiger partial charge in [0.2, 0.25) is 10.0 Å². The molecule has 2 heterocycles. The zero-order chi connectivity index (χ0) is 13.3. The van der Waals surface area contributed by atoms with Gasteiger partial charge in [0, 0.05) is 12.1 Å². The van der Waals surface area contributed by atoms with E-state index < -0.39 is 10.0 Å². The van der Waals surface area contributed by atoms with Crippen LogP contribution in [0.3, 0.4) is 0 Å². The predicted molar refractivity (Wildman–Crippen MR) is 68.9 cm³/mol. The van der Waals surface area contributed by atoms with E-state index in [9.17, 15) is 8.42 Å². The highest BCUT2D eigenvalue weighted by Gasteiger charge is 2.27. The Morgan fingerprint density at radius 1 is 1.39 bits per heavy atom. The minimum atomic E-state index is -3.47. The third kappa shape index (κ3) is 2.73. The molecule has 1 aliphatic heterocycles. The summed E-state index contributed by atoms with van der Waals surface area (Å²) < 4.78 is 27.4. The first-order chi connectivity index (χ1) is 8.40. The van der Waals surface area contributed by atoms with Crippen LogP contribution in [0.5, 0.6) is 0 Å². The second kappa shape index (κ2) is 4.99. The number of aryl methyl sites for hydroxylation is 2. The average Bonchev–Trinajstić information content (AvgIpc) is 2.58. The van der Waals surface area contributed by atoms with Crippen LogP contribution in [0.25, 0.3) is 0 Å². The fourth-order valence-corrected chi connectivity index (χ4v) is 4.11. The van der Waals surface area contributed by atoms with Gasteiger partial charge in [0.1, 0.15) is 4.90 Å². The Balaban J connectivity index is 2.17. The molecule has 0 spiro atoms. The van der Waals surface area contributed by atoms with Crippen molar-refractivity contribution in [1.29, 1.82) is 0 Å². The van der Waals surface area contributed by atoms with E-state index in [0.717, 1.165) is 19.4 Å². The molecule has 102 valence electrons. The number of aromatic amines is 1. The Kier molecular flexibility index (Phi) is 3.74. The minimum absolute atomic E-state index is 0.0000463. The molecule has 6 nitrogen and oxygen atoms in total. The van der Waals surface area contributed by atoms with E-state index in [1.54, 1.807) is 13.8 Å². The van der Waals surface area contributed by atoms with Crippen LogP contribution in [0.4, 0.5) is 0 Å². The highest BCUT2D eigenvalue weighted by atomic mass is 32.2. The lowest BCUT2D eigenvalue weighted by molar-refractivity contribution is 0.361. The standard InChI is InChI=1S/C11H20N4O2S/c1-7-6-10(4-5-12-7)15-18(16,17)11-8(2)13-14-9(11)3/h7,10,12,15H,4-6H2,1-3H3,(H,13,14). The summed E-state index contributed by atoms with van der Waals surface area (Å²) in [4.78, 5) is 0.286. The molecule has 1 saturated heterocycles. The van der Waals surface area contributed by atoms with Crippen molar-refractivity contribution in [1.82, 2.24) is 20.2 Å². The quantitative estimate of drug-likeness (QED) is 0.745. The van der Waals surface area contributed by atoms with E-state index in [1.807, 2.05) is 0 Å². The number of aromatic nitrogens is 2. The van der Waals surface area contributed by atoms with Crippen molar-refractivity contribution >= 4 is 10.0 Å². The second-order valence-electron chi connectivity index (χ2n) is 4.96. The predicted octanol–water partition coefficient (Wildman–Crippen LogP) is 0.445. The zero-order valence-corrected chi connectivity index (χ0v) is 11.8. The third-order valence-electron chi connectivity index (χ3n) is 3.27. The summed E-state index contributed by atoms with van der Waals surface area (Å²) in [6.45, 7) is 6.33. The summed E-state index contributed by atoms with van der Waals surface area (Å²) in [6, 6.07) is 0.345. The van der Waals surface area contributed by atoms with Gasteiger partial charge in [0.25, 0.3) is 0 Å². The Bertz CT molecular complexity index is 504. The van der Waals surface area contributed by atoms with Gasteiger partial charge in [-0.25, -0.2) is 13.1 Å². The SMILES string of the molecule is Cc1n[nH]c(C)c1S(=O)(=O)NC1CCNC(C)C1. The van der Waals surface area contributed by atoms with Crippen LogP contribution in [0, 0.1) is 13.8 Å². The van der Waals surface area contributed by atoms with Gasteiger partial charge in [-0.3, -0.25) is 5.10 Å². The largest absolute Gasteiger partial charge is 0.314 e. The number of H-pyrrole nitrogens is 1. The van der Waals surface area contributed by atoms with E-state index in [4.69, 9.17) is 0 Å². The van der Waals surface area contributed by atoms with Crippen molar-refractivity contribution in [2.45, 2.75) is 50.6 Å². The first-order valence-electron chi connectivity index (χ1n) is 6.17. The summed E-state index contributed by atoms with van der Waals surface area (Å²) in [5, 5.41) is 9.94. The van der Waals surface area contributed by atoms with E-state index in [-0.39, 0.29) is 10.9 Å². The fraction of sp³-hybridized carbons (Fsp3) is 0.727. The van der Waals surface area contributed by atoms with Crippen molar-refractivity contribution < 1.29 is 8.42 Å². The highest BCUT2D eigenvalue weighted by molar-refractivity contribution is 7.89. The highest BCUT2D eigenvalue weighted by Crippen LogP contribution is 2.18. The third-order valence-corrected chi connectivity index (χ3v) is 5.06. The van der Waals surface area contributed by atoms with Crippen molar-refractivity contribution in [3.05, 3.63) is 11.4 Å². The Hall–Kier alpha value is -0.920. The molecule has 2 unspecified atom stereocenters. The van der Waals surface area contributed by atoms with Crippen molar-refractivity contribution in [3.8, 4) is 0 Å². The Morgan fingerprint density at radius 2 is 2.11 bits per heavy atom. The zero-order valence-electron chi connectivity index (χ0n) is 10.9. The molecule has 1 aliphatic rings. The van der Waals surface area contributed by atoms with Gasteiger partial charge in [-0.15, -0.1) is 0 Å². The number of rotatable bonds is 3. The lowest BCUT2D eigenvalue weighted by Gasteiger charge is -2.28. The molecule has 0 bridgehead atoms. The lowest BCUT2D eigenvalue weighted by atomic mass is 10.0. The lowest BCUT2D eigenvalue weighted by Crippen LogP contribution is -2.46. The minimum Gasteiger partial charge on any atom is -0.314 e. The molecule has 2 rings (SSSR count). The molecule has 0 radical (unpaired) electrons. The summed E-state index contributed by atoms with van der Waals surface area (Å²) in [5.74, 6) is 0. The molecule has 1 aromatic heterocycles. The molecule has 1 fully saturated rings. The van der Waals surface area contributed by atoms with E-state index in [1.165, 1.54) is 0 Å². The fourth-order valence-electron chi connectivity index (χ4n) is 2.45. The number of hydrogen-bond acceptors (Lipinski definition) is 4. The van der Waals surface area contributed by atoms with Crippen LogP contribution in [0.2, 0.25) is 0 Å². The van der Waals surface area contributed by atoms with Gasteiger partial charge >= 0.3 is 0 Å². The van der Waals surface area contributed by atoms with Gasteiger partial charge in [-0.05, 0) is 40.2 Å². The van der Waals surface area contributed by atoms with Crippen LogP contribution >= 0.6 is 0 Å². The van der Waals surface area contributed by atoms with Gasteiger partial charge in [0.15, 0.2) is 0 Å². The number of nitrogens with zero attached hydrogens (tertiary/aromatic N) is 1. The van der Waals surface area contributed by atoms with Crippen molar-refractivity contribution in [2.24, 2.45) is 0 Å². The maximum absolute atomic E-state index is 12.3. The Morgan fingerprint density at radius 3 is 2.67 bits per heavy atom. The summed E-state index contributed by atoms with van der Waals surface area (Å²) in [5.41, 5.74) is 1.10. The van der Waals surface area contributed by atoms with Gasteiger partial charge in [-0.1, -0.05) is 0 Å². The summed E-state index contributed by atoms with van der Waals surface area (Å²) in [7, 11) is -3.47. The Labute approximate surface area is 108 Å². The molecule has 0 aromatic carbocycles. The molecule has 18 heavy (non-hydrogen) atoms. The monoisotopic (exact) mass is 272 g/mol. The van der Waals surface area contributed by atoms with Gasteiger partial charge in [-0.2, -0.15) is 5.10 Å². The van der Waals surface area contributed by atoms with E-state index >= 15 is 0 Å². The molecule has 0 aliphatic carbocycles. The molecule has 3 N–H and O–H groups in total. The second-order valence-corrected chi connectivity index (χ2v) is 6.61. The van der Waals surface area contributed by atoms with Crippen LogP contribution in [-0.2, 0) is 10.0 Å². The van der Waals surface area contributed by atoms with Gasteiger partial charge in [0.05, 0.1) is 11.4 Å². The molecule has 2 atom stereocenters. The van der Waals surface area contributed by atoms with Crippen LogP contribution < -0.4 is 10.0 Å². The summed E-state index contributed by atoms with van der Waals surface area (Å²) in [6.07, 6.45) is 1.63. The first kappa shape index (κ1) is 13.5. The molecular weight excluding hydrogens is 252 g/mol.